The minimum Gasteiger partial charge on any atom is -0.491 e. The highest BCUT2D eigenvalue weighted by molar-refractivity contribution is 5.94. The predicted octanol–water partition coefficient (Wildman–Crippen LogP) is 2.80. The lowest BCUT2D eigenvalue weighted by Crippen LogP contribution is -2.40. The molecule has 0 saturated carbocycles. The molecule has 2 aromatic rings. The van der Waals surface area contributed by atoms with Crippen molar-refractivity contribution in [1.82, 2.24) is 4.90 Å². The van der Waals surface area contributed by atoms with Gasteiger partial charge in [-0.1, -0.05) is 29.8 Å². The molecule has 1 amide bonds. The molecule has 1 atom stereocenters. The maximum Gasteiger partial charge on any atom is 0.253 e. The van der Waals surface area contributed by atoms with Crippen molar-refractivity contribution >= 4 is 5.91 Å². The number of methoxy groups -OCH3 is 1. The van der Waals surface area contributed by atoms with Crippen molar-refractivity contribution in [3.8, 4) is 5.75 Å². The molecule has 1 aliphatic rings. The molecule has 1 heterocycles. The second-order valence-corrected chi connectivity index (χ2v) is 6.94. The Hall–Kier alpha value is -2.37. The molecule has 0 aliphatic carbocycles. The quantitative estimate of drug-likeness (QED) is 0.866. The molecular weight excluding hydrogens is 330 g/mol. The molecule has 1 N–H and O–H groups in total. The van der Waals surface area contributed by atoms with Crippen molar-refractivity contribution in [2.24, 2.45) is 0 Å². The van der Waals surface area contributed by atoms with E-state index < -0.39 is 5.60 Å². The number of hydrogen-bond donors (Lipinski definition) is 1. The maximum absolute atomic E-state index is 12.7. The van der Waals surface area contributed by atoms with E-state index in [1.54, 1.807) is 18.1 Å². The molecule has 2 aromatic carbocycles. The molecule has 1 aliphatic heterocycles. The second-order valence-electron chi connectivity index (χ2n) is 6.94. The third kappa shape index (κ3) is 4.42. The van der Waals surface area contributed by atoms with E-state index in [2.05, 4.69) is 0 Å². The number of carbonyl (C=O) groups excluding carboxylic acids is 1. The lowest BCUT2D eigenvalue weighted by atomic mass is 10.1. The van der Waals surface area contributed by atoms with Gasteiger partial charge in [0.2, 0.25) is 0 Å². The molecule has 1 fully saturated rings. The Morgan fingerprint density at radius 3 is 2.73 bits per heavy atom. The van der Waals surface area contributed by atoms with Crippen LogP contribution in [0.2, 0.25) is 0 Å². The van der Waals surface area contributed by atoms with Gasteiger partial charge >= 0.3 is 0 Å². The van der Waals surface area contributed by atoms with E-state index in [0.29, 0.717) is 25.1 Å². The first-order valence-corrected chi connectivity index (χ1v) is 8.78. The van der Waals surface area contributed by atoms with E-state index in [1.165, 1.54) is 0 Å². The number of amides is 1. The Morgan fingerprint density at radius 2 is 2.00 bits per heavy atom. The van der Waals surface area contributed by atoms with Crippen molar-refractivity contribution < 1.29 is 19.4 Å². The summed E-state index contributed by atoms with van der Waals surface area (Å²) in [6.07, 6.45) is 0.502. The number of rotatable bonds is 6. The summed E-state index contributed by atoms with van der Waals surface area (Å²) >= 11 is 0. The summed E-state index contributed by atoms with van der Waals surface area (Å²) < 4.78 is 10.8. The molecule has 5 nitrogen and oxygen atoms in total. The first-order valence-electron chi connectivity index (χ1n) is 8.78. The number of benzene rings is 2. The van der Waals surface area contributed by atoms with E-state index in [1.807, 2.05) is 49.4 Å². The molecule has 5 heteroatoms. The zero-order valence-corrected chi connectivity index (χ0v) is 15.3. The fraction of sp³-hybridized carbons (Fsp3) is 0.381. The van der Waals surface area contributed by atoms with Crippen molar-refractivity contribution in [1.29, 1.82) is 0 Å². The largest absolute Gasteiger partial charge is 0.491 e. The lowest BCUT2D eigenvalue weighted by Gasteiger charge is -2.24. The maximum atomic E-state index is 12.7. The summed E-state index contributed by atoms with van der Waals surface area (Å²) in [4.78, 5) is 14.4. The normalized spacial score (nSPS) is 19.6. The molecule has 0 spiro atoms. The van der Waals surface area contributed by atoms with Gasteiger partial charge in [-0.15, -0.1) is 0 Å². The SMILES string of the molecule is COCc1cccc(C(=O)N2CC[C@@](O)(COc3ccc(C)cc3)C2)c1. The van der Waals surface area contributed by atoms with Gasteiger partial charge in [0.25, 0.3) is 5.91 Å². The number of nitrogens with zero attached hydrogens (tertiary/aromatic N) is 1. The Morgan fingerprint density at radius 1 is 1.23 bits per heavy atom. The minimum absolute atomic E-state index is 0.0748. The Bertz CT molecular complexity index is 759. The molecule has 138 valence electrons. The Balaban J connectivity index is 1.60. The highest BCUT2D eigenvalue weighted by Crippen LogP contribution is 2.25. The summed E-state index contributed by atoms with van der Waals surface area (Å²) in [5, 5.41) is 10.8. The van der Waals surface area contributed by atoms with E-state index in [-0.39, 0.29) is 19.1 Å². The van der Waals surface area contributed by atoms with E-state index >= 15 is 0 Å². The average molecular weight is 355 g/mol. The first kappa shape index (κ1) is 18.4. The summed E-state index contributed by atoms with van der Waals surface area (Å²) in [6, 6.07) is 15.1. The fourth-order valence-corrected chi connectivity index (χ4v) is 3.14. The highest BCUT2D eigenvalue weighted by atomic mass is 16.5. The number of aliphatic hydroxyl groups is 1. The number of likely N-dealkylation sites (tertiary alicyclic amines) is 1. The summed E-state index contributed by atoms with van der Waals surface area (Å²) in [5.41, 5.74) is 1.70. The zero-order valence-electron chi connectivity index (χ0n) is 15.3. The van der Waals surface area contributed by atoms with E-state index in [9.17, 15) is 9.90 Å². The van der Waals surface area contributed by atoms with Crippen LogP contribution in [0.1, 0.15) is 27.9 Å². The molecule has 3 rings (SSSR count). The van der Waals surface area contributed by atoms with Gasteiger partial charge in [0.15, 0.2) is 0 Å². The first-order chi connectivity index (χ1) is 12.5. The van der Waals surface area contributed by atoms with Crippen molar-refractivity contribution in [2.45, 2.75) is 25.6 Å². The summed E-state index contributed by atoms with van der Waals surface area (Å²) in [7, 11) is 1.63. The Labute approximate surface area is 154 Å². The van der Waals surface area contributed by atoms with Crippen LogP contribution in [0.3, 0.4) is 0 Å². The highest BCUT2D eigenvalue weighted by Gasteiger charge is 2.39. The van der Waals surface area contributed by atoms with Crippen molar-refractivity contribution in [2.75, 3.05) is 26.8 Å². The second kappa shape index (κ2) is 7.89. The van der Waals surface area contributed by atoms with Crippen LogP contribution >= 0.6 is 0 Å². The smallest absolute Gasteiger partial charge is 0.253 e. The van der Waals surface area contributed by atoms with Gasteiger partial charge in [0, 0.05) is 19.2 Å². The molecule has 1 saturated heterocycles. The lowest BCUT2D eigenvalue weighted by molar-refractivity contribution is 0.00430. The summed E-state index contributed by atoms with van der Waals surface area (Å²) in [5.74, 6) is 0.648. The van der Waals surface area contributed by atoms with E-state index in [0.717, 1.165) is 16.9 Å². The van der Waals surface area contributed by atoms with Gasteiger partial charge in [-0.05, 0) is 43.2 Å². The molecule has 0 unspecified atom stereocenters. The topological polar surface area (TPSA) is 59.0 Å². The van der Waals surface area contributed by atoms with Crippen molar-refractivity contribution in [3.63, 3.8) is 0 Å². The van der Waals surface area contributed by atoms with Crippen LogP contribution in [-0.2, 0) is 11.3 Å². The average Bonchev–Trinajstić information content (AvgIpc) is 3.04. The molecular formula is C21H25NO4. The van der Waals surface area contributed by atoms with Gasteiger partial charge in [-0.25, -0.2) is 0 Å². The van der Waals surface area contributed by atoms with Gasteiger partial charge < -0.3 is 19.5 Å². The third-order valence-electron chi connectivity index (χ3n) is 4.63. The predicted molar refractivity (Wildman–Crippen MR) is 99.3 cm³/mol. The van der Waals surface area contributed by atoms with Crippen LogP contribution < -0.4 is 4.74 Å². The van der Waals surface area contributed by atoms with E-state index in [4.69, 9.17) is 9.47 Å². The van der Waals surface area contributed by atoms with Crippen molar-refractivity contribution in [3.05, 3.63) is 65.2 Å². The number of β-amino-alcohol motifs (C(OH)–C–C–N with tert-alkyl or cyclic N) is 1. The van der Waals surface area contributed by atoms with Crippen LogP contribution in [0.25, 0.3) is 0 Å². The molecule has 0 bridgehead atoms. The fourth-order valence-electron chi connectivity index (χ4n) is 3.14. The number of ether oxygens (including phenoxy) is 2. The molecule has 0 aromatic heterocycles. The zero-order chi connectivity index (χ0) is 18.6. The van der Waals surface area contributed by atoms with Gasteiger partial charge in [0.05, 0.1) is 13.2 Å². The van der Waals surface area contributed by atoms with Gasteiger partial charge in [0.1, 0.15) is 18.0 Å². The molecule has 26 heavy (non-hydrogen) atoms. The van der Waals surface area contributed by atoms with Crippen LogP contribution in [0.5, 0.6) is 5.75 Å². The Kier molecular flexibility index (Phi) is 5.59. The monoisotopic (exact) mass is 355 g/mol. The van der Waals surface area contributed by atoms with Crippen LogP contribution in [0.15, 0.2) is 48.5 Å². The third-order valence-corrected chi connectivity index (χ3v) is 4.63. The van der Waals surface area contributed by atoms with Gasteiger partial charge in [-0.2, -0.15) is 0 Å². The van der Waals surface area contributed by atoms with Crippen LogP contribution in [0.4, 0.5) is 0 Å². The van der Waals surface area contributed by atoms with Crippen LogP contribution in [-0.4, -0.2) is 48.3 Å². The number of carbonyl (C=O) groups is 1. The summed E-state index contributed by atoms with van der Waals surface area (Å²) in [6.45, 7) is 3.44. The van der Waals surface area contributed by atoms with Gasteiger partial charge in [-0.3, -0.25) is 4.79 Å². The minimum atomic E-state index is -1.02. The number of aryl methyl sites for hydroxylation is 1. The standard InChI is InChI=1S/C21H25NO4/c1-16-6-8-19(9-7-16)26-15-21(24)10-11-22(14-21)20(23)18-5-3-4-17(12-18)13-25-2/h3-9,12,24H,10-11,13-15H2,1-2H3/t21-/m0/s1. The van der Waals surface area contributed by atoms with Crippen LogP contribution in [0, 0.1) is 6.92 Å². The number of hydrogen-bond acceptors (Lipinski definition) is 4. The molecule has 0 radical (unpaired) electrons.